The summed E-state index contributed by atoms with van der Waals surface area (Å²) in [5, 5.41) is 3.39. The molecule has 0 aliphatic carbocycles. The minimum absolute atomic E-state index is 0. The third-order valence-corrected chi connectivity index (χ3v) is 4.90. The van der Waals surface area contributed by atoms with Crippen molar-refractivity contribution < 1.29 is 4.79 Å². The van der Waals surface area contributed by atoms with Crippen LogP contribution in [-0.4, -0.2) is 54.5 Å². The summed E-state index contributed by atoms with van der Waals surface area (Å²) in [5.41, 5.74) is 1.35. The largest absolute Gasteiger partial charge is 0.339 e. The Morgan fingerprint density at radius 1 is 1.17 bits per heavy atom. The van der Waals surface area contributed by atoms with E-state index in [0.29, 0.717) is 11.8 Å². The average Bonchev–Trinajstić information content (AvgIpc) is 2.56. The van der Waals surface area contributed by atoms with E-state index in [9.17, 15) is 4.79 Å². The molecule has 2 aliphatic heterocycles. The maximum absolute atomic E-state index is 12.6. The fourth-order valence-corrected chi connectivity index (χ4v) is 3.48. The standard InChI is InChI=1S/C18H27N3O.ClH/c1-15-7-8-19-17(13-15)18(22)21-11-9-20(10-12-21)14-16-5-3-2-4-6-16;/h2-6,15,17,19H,7-14H2,1H3;1H. The van der Waals surface area contributed by atoms with Crippen molar-refractivity contribution in [1.29, 1.82) is 0 Å². The molecule has 23 heavy (non-hydrogen) atoms. The SMILES string of the molecule is CC1CCNC(C(=O)N2CCN(Cc3ccccc3)CC2)C1.Cl. The maximum Gasteiger partial charge on any atom is 0.239 e. The van der Waals surface area contributed by atoms with E-state index in [2.05, 4.69) is 52.4 Å². The van der Waals surface area contributed by atoms with Crippen LogP contribution in [0.1, 0.15) is 25.3 Å². The van der Waals surface area contributed by atoms with Gasteiger partial charge in [0.1, 0.15) is 0 Å². The molecule has 0 aromatic heterocycles. The van der Waals surface area contributed by atoms with Crippen LogP contribution in [0.4, 0.5) is 0 Å². The first kappa shape index (κ1) is 18.2. The van der Waals surface area contributed by atoms with Crippen molar-refractivity contribution in [2.45, 2.75) is 32.4 Å². The highest BCUT2D eigenvalue weighted by Crippen LogP contribution is 2.17. The van der Waals surface area contributed by atoms with E-state index in [1.807, 2.05) is 0 Å². The Morgan fingerprint density at radius 3 is 2.52 bits per heavy atom. The molecule has 0 saturated carbocycles. The molecule has 0 spiro atoms. The highest BCUT2D eigenvalue weighted by molar-refractivity contribution is 5.85. The van der Waals surface area contributed by atoms with Gasteiger partial charge in [-0.15, -0.1) is 12.4 Å². The number of piperazine rings is 1. The molecule has 4 nitrogen and oxygen atoms in total. The number of hydrogen-bond donors (Lipinski definition) is 1. The van der Waals surface area contributed by atoms with Crippen molar-refractivity contribution in [1.82, 2.24) is 15.1 Å². The lowest BCUT2D eigenvalue weighted by Gasteiger charge is -2.38. The molecule has 2 saturated heterocycles. The number of nitrogens with zero attached hydrogens (tertiary/aromatic N) is 2. The second-order valence-corrected chi connectivity index (χ2v) is 6.72. The van der Waals surface area contributed by atoms with Crippen molar-refractivity contribution >= 4 is 18.3 Å². The van der Waals surface area contributed by atoms with Crippen LogP contribution in [-0.2, 0) is 11.3 Å². The molecule has 2 fully saturated rings. The molecule has 5 heteroatoms. The molecular formula is C18H28ClN3O. The quantitative estimate of drug-likeness (QED) is 0.918. The van der Waals surface area contributed by atoms with Crippen LogP contribution >= 0.6 is 12.4 Å². The van der Waals surface area contributed by atoms with Gasteiger partial charge >= 0.3 is 0 Å². The lowest BCUT2D eigenvalue weighted by Crippen LogP contribution is -2.55. The zero-order valence-corrected chi connectivity index (χ0v) is 14.7. The summed E-state index contributed by atoms with van der Waals surface area (Å²) < 4.78 is 0. The van der Waals surface area contributed by atoms with E-state index in [1.54, 1.807) is 0 Å². The summed E-state index contributed by atoms with van der Waals surface area (Å²) in [6.07, 6.45) is 2.18. The molecule has 0 radical (unpaired) electrons. The molecule has 1 aromatic rings. The maximum atomic E-state index is 12.6. The monoisotopic (exact) mass is 337 g/mol. The van der Waals surface area contributed by atoms with Gasteiger partial charge in [0, 0.05) is 32.7 Å². The van der Waals surface area contributed by atoms with Crippen LogP contribution in [0.5, 0.6) is 0 Å². The molecule has 3 rings (SSSR count). The highest BCUT2D eigenvalue weighted by Gasteiger charge is 2.30. The van der Waals surface area contributed by atoms with Crippen LogP contribution in [0.3, 0.4) is 0 Å². The molecule has 2 unspecified atom stereocenters. The average molecular weight is 338 g/mol. The van der Waals surface area contributed by atoms with E-state index in [0.717, 1.165) is 45.7 Å². The minimum Gasteiger partial charge on any atom is -0.339 e. The minimum atomic E-state index is 0. The normalized spacial score (nSPS) is 25.7. The van der Waals surface area contributed by atoms with Gasteiger partial charge in [-0.25, -0.2) is 0 Å². The van der Waals surface area contributed by atoms with E-state index in [1.165, 1.54) is 12.0 Å². The van der Waals surface area contributed by atoms with Gasteiger partial charge in [-0.1, -0.05) is 37.3 Å². The molecule has 1 N–H and O–H groups in total. The number of carbonyl (C=O) groups excluding carboxylic acids is 1. The molecule has 2 heterocycles. The Labute approximate surface area is 145 Å². The third-order valence-electron chi connectivity index (χ3n) is 4.90. The first-order chi connectivity index (χ1) is 10.7. The van der Waals surface area contributed by atoms with Crippen LogP contribution in [0, 0.1) is 5.92 Å². The summed E-state index contributed by atoms with van der Waals surface area (Å²) in [6, 6.07) is 10.6. The summed E-state index contributed by atoms with van der Waals surface area (Å²) in [7, 11) is 0. The number of halogens is 1. The van der Waals surface area contributed by atoms with E-state index < -0.39 is 0 Å². The zero-order chi connectivity index (χ0) is 15.4. The number of carbonyl (C=O) groups is 1. The second kappa shape index (κ2) is 8.67. The summed E-state index contributed by atoms with van der Waals surface area (Å²) in [4.78, 5) is 17.1. The first-order valence-electron chi connectivity index (χ1n) is 8.51. The predicted octanol–water partition coefficient (Wildman–Crippen LogP) is 2.14. The van der Waals surface area contributed by atoms with Crippen LogP contribution < -0.4 is 5.32 Å². The number of hydrogen-bond acceptors (Lipinski definition) is 3. The second-order valence-electron chi connectivity index (χ2n) is 6.72. The van der Waals surface area contributed by atoms with E-state index in [-0.39, 0.29) is 18.4 Å². The zero-order valence-electron chi connectivity index (χ0n) is 13.9. The fraction of sp³-hybridized carbons (Fsp3) is 0.611. The van der Waals surface area contributed by atoms with Crippen molar-refractivity contribution in [2.24, 2.45) is 5.92 Å². The van der Waals surface area contributed by atoms with Crippen molar-refractivity contribution in [3.05, 3.63) is 35.9 Å². The molecule has 2 aliphatic rings. The fourth-order valence-electron chi connectivity index (χ4n) is 3.48. The van der Waals surface area contributed by atoms with Gasteiger partial charge in [-0.2, -0.15) is 0 Å². The summed E-state index contributed by atoms with van der Waals surface area (Å²) in [5.74, 6) is 0.973. The van der Waals surface area contributed by atoms with Crippen LogP contribution in [0.2, 0.25) is 0 Å². The molecule has 0 bridgehead atoms. The van der Waals surface area contributed by atoms with Crippen molar-refractivity contribution in [2.75, 3.05) is 32.7 Å². The Balaban J connectivity index is 0.00000192. The Kier molecular flexibility index (Phi) is 6.88. The molecule has 2 atom stereocenters. The topological polar surface area (TPSA) is 35.6 Å². The lowest BCUT2D eigenvalue weighted by molar-refractivity contribution is -0.136. The van der Waals surface area contributed by atoms with Gasteiger partial charge in [-0.3, -0.25) is 9.69 Å². The van der Waals surface area contributed by atoms with Gasteiger partial charge in [0.05, 0.1) is 6.04 Å². The van der Waals surface area contributed by atoms with Crippen molar-refractivity contribution in [3.63, 3.8) is 0 Å². The van der Waals surface area contributed by atoms with Gasteiger partial charge in [-0.05, 0) is 30.9 Å². The number of benzene rings is 1. The van der Waals surface area contributed by atoms with Gasteiger partial charge in [0.2, 0.25) is 5.91 Å². The van der Waals surface area contributed by atoms with Gasteiger partial charge in [0.15, 0.2) is 0 Å². The van der Waals surface area contributed by atoms with E-state index in [4.69, 9.17) is 0 Å². The number of piperidine rings is 1. The Hall–Kier alpha value is -1.10. The number of rotatable bonds is 3. The molecule has 1 amide bonds. The summed E-state index contributed by atoms with van der Waals surface area (Å²) in [6.45, 7) is 7.88. The highest BCUT2D eigenvalue weighted by atomic mass is 35.5. The molecule has 128 valence electrons. The lowest BCUT2D eigenvalue weighted by atomic mass is 9.93. The summed E-state index contributed by atoms with van der Waals surface area (Å²) >= 11 is 0. The smallest absolute Gasteiger partial charge is 0.239 e. The molecule has 1 aromatic carbocycles. The van der Waals surface area contributed by atoms with Gasteiger partial charge in [0.25, 0.3) is 0 Å². The van der Waals surface area contributed by atoms with Crippen molar-refractivity contribution in [3.8, 4) is 0 Å². The third kappa shape index (κ3) is 4.93. The Bertz CT molecular complexity index is 488. The molecular weight excluding hydrogens is 310 g/mol. The Morgan fingerprint density at radius 2 is 1.87 bits per heavy atom. The first-order valence-corrected chi connectivity index (χ1v) is 8.51. The number of nitrogens with one attached hydrogen (secondary N) is 1. The number of amides is 1. The predicted molar refractivity (Wildman–Crippen MR) is 95.7 cm³/mol. The van der Waals surface area contributed by atoms with Crippen LogP contribution in [0.25, 0.3) is 0 Å². The van der Waals surface area contributed by atoms with Crippen LogP contribution in [0.15, 0.2) is 30.3 Å². The van der Waals surface area contributed by atoms with Gasteiger partial charge < -0.3 is 10.2 Å². The van der Waals surface area contributed by atoms with E-state index >= 15 is 0 Å².